The molecule has 0 amide bonds. The third-order valence-electron chi connectivity index (χ3n) is 2.96. The molecule has 0 radical (unpaired) electrons. The molecule has 2 rings (SSSR count). The lowest BCUT2D eigenvalue weighted by molar-refractivity contribution is -0.139. The van der Waals surface area contributed by atoms with Gasteiger partial charge in [-0.3, -0.25) is 9.59 Å². The molecular weight excluding hydrogens is 236 g/mol. The van der Waals surface area contributed by atoms with E-state index in [4.69, 9.17) is 5.11 Å². The SMILES string of the molecule is CC(C(=O)O)C(=O)c1ccc2c(c1)CCCS2. The smallest absolute Gasteiger partial charge is 0.314 e. The van der Waals surface area contributed by atoms with Crippen LogP contribution >= 0.6 is 11.8 Å². The first-order chi connectivity index (χ1) is 8.09. The van der Waals surface area contributed by atoms with E-state index >= 15 is 0 Å². The predicted octanol–water partition coefficient (Wildman–Crippen LogP) is 2.63. The van der Waals surface area contributed by atoms with Gasteiger partial charge in [0.2, 0.25) is 0 Å². The van der Waals surface area contributed by atoms with E-state index < -0.39 is 11.9 Å². The molecule has 17 heavy (non-hydrogen) atoms. The lowest BCUT2D eigenvalue weighted by Gasteiger charge is -2.16. The first-order valence-electron chi connectivity index (χ1n) is 5.62. The highest BCUT2D eigenvalue weighted by atomic mass is 32.2. The fourth-order valence-electron chi connectivity index (χ4n) is 1.88. The number of Topliss-reactive ketones (excluding diaryl/α,β-unsaturated/α-hetero) is 1. The summed E-state index contributed by atoms with van der Waals surface area (Å²) < 4.78 is 0. The molecule has 0 saturated carbocycles. The second-order valence-electron chi connectivity index (χ2n) is 4.20. The largest absolute Gasteiger partial charge is 0.481 e. The van der Waals surface area contributed by atoms with Gasteiger partial charge < -0.3 is 5.11 Å². The molecule has 0 aliphatic carbocycles. The summed E-state index contributed by atoms with van der Waals surface area (Å²) in [5.41, 5.74) is 1.69. The average Bonchev–Trinajstić information content (AvgIpc) is 2.36. The molecule has 0 bridgehead atoms. The predicted molar refractivity (Wildman–Crippen MR) is 66.6 cm³/mol. The standard InChI is InChI=1S/C13H14O3S/c1-8(13(15)16)12(14)10-4-5-11-9(7-10)3-2-6-17-11/h4-5,7-8H,2-3,6H2,1H3,(H,15,16). The summed E-state index contributed by atoms with van der Waals surface area (Å²) >= 11 is 1.80. The van der Waals surface area contributed by atoms with Crippen LogP contribution in [0, 0.1) is 5.92 Å². The summed E-state index contributed by atoms with van der Waals surface area (Å²) in [6.07, 6.45) is 2.09. The molecule has 0 aromatic heterocycles. The number of aryl methyl sites for hydroxylation is 1. The summed E-state index contributed by atoms with van der Waals surface area (Å²) in [7, 11) is 0. The molecule has 1 unspecified atom stereocenters. The van der Waals surface area contributed by atoms with Crippen LogP contribution in [0.15, 0.2) is 23.1 Å². The van der Waals surface area contributed by atoms with Crippen LogP contribution in [0.4, 0.5) is 0 Å². The van der Waals surface area contributed by atoms with Crippen LogP contribution in [-0.4, -0.2) is 22.6 Å². The van der Waals surface area contributed by atoms with Crippen molar-refractivity contribution in [1.82, 2.24) is 0 Å². The quantitative estimate of drug-likeness (QED) is 0.662. The number of hydrogen-bond donors (Lipinski definition) is 1. The zero-order valence-corrected chi connectivity index (χ0v) is 10.4. The van der Waals surface area contributed by atoms with Crippen LogP contribution in [0.3, 0.4) is 0 Å². The Morgan fingerprint density at radius 1 is 1.41 bits per heavy atom. The summed E-state index contributed by atoms with van der Waals surface area (Å²) in [5, 5.41) is 8.83. The number of carboxylic acids is 1. The van der Waals surface area contributed by atoms with Crippen molar-refractivity contribution in [1.29, 1.82) is 0 Å². The minimum atomic E-state index is -1.07. The Balaban J connectivity index is 2.28. The monoisotopic (exact) mass is 250 g/mol. The summed E-state index contributed by atoms with van der Waals surface area (Å²) in [6.45, 7) is 1.43. The van der Waals surface area contributed by atoms with Crippen molar-refractivity contribution < 1.29 is 14.7 Å². The highest BCUT2D eigenvalue weighted by Gasteiger charge is 2.23. The van der Waals surface area contributed by atoms with Gasteiger partial charge in [-0.05, 0) is 43.2 Å². The maximum absolute atomic E-state index is 11.9. The number of carbonyl (C=O) groups is 2. The number of rotatable bonds is 3. The minimum absolute atomic E-state index is 0.309. The van der Waals surface area contributed by atoms with Crippen molar-refractivity contribution in [3.63, 3.8) is 0 Å². The molecular formula is C13H14O3S. The Labute approximate surface area is 104 Å². The Hall–Kier alpha value is -1.29. The molecule has 1 aromatic carbocycles. The molecule has 0 fully saturated rings. The van der Waals surface area contributed by atoms with Gasteiger partial charge in [0.25, 0.3) is 0 Å². The van der Waals surface area contributed by atoms with Gasteiger partial charge in [-0.25, -0.2) is 0 Å². The zero-order valence-electron chi connectivity index (χ0n) is 9.60. The molecule has 1 aliphatic heterocycles. The summed E-state index contributed by atoms with van der Waals surface area (Å²) in [4.78, 5) is 23.9. The van der Waals surface area contributed by atoms with E-state index in [1.54, 1.807) is 17.8 Å². The number of ketones is 1. The second kappa shape index (κ2) is 4.92. The van der Waals surface area contributed by atoms with Crippen LogP contribution in [0.2, 0.25) is 0 Å². The van der Waals surface area contributed by atoms with Crippen LogP contribution < -0.4 is 0 Å². The molecule has 1 aliphatic rings. The molecule has 4 heteroatoms. The van der Waals surface area contributed by atoms with Crippen molar-refractivity contribution >= 4 is 23.5 Å². The van der Waals surface area contributed by atoms with Crippen LogP contribution in [-0.2, 0) is 11.2 Å². The third kappa shape index (κ3) is 2.52. The second-order valence-corrected chi connectivity index (χ2v) is 5.34. The highest BCUT2D eigenvalue weighted by Crippen LogP contribution is 2.30. The Bertz CT molecular complexity index is 468. The van der Waals surface area contributed by atoms with E-state index in [2.05, 4.69) is 0 Å². The van der Waals surface area contributed by atoms with E-state index in [0.717, 1.165) is 18.6 Å². The molecule has 1 aromatic rings. The van der Waals surface area contributed by atoms with Gasteiger partial charge in [0.15, 0.2) is 5.78 Å². The number of hydrogen-bond acceptors (Lipinski definition) is 3. The van der Waals surface area contributed by atoms with E-state index in [0.29, 0.717) is 5.56 Å². The maximum Gasteiger partial charge on any atom is 0.314 e. The Morgan fingerprint density at radius 3 is 2.88 bits per heavy atom. The number of carbonyl (C=O) groups excluding carboxylic acids is 1. The maximum atomic E-state index is 11.9. The number of benzene rings is 1. The molecule has 3 nitrogen and oxygen atoms in total. The Kier molecular flexibility index (Phi) is 3.52. The zero-order chi connectivity index (χ0) is 12.4. The normalized spacial score (nSPS) is 16.1. The highest BCUT2D eigenvalue weighted by molar-refractivity contribution is 7.99. The lowest BCUT2D eigenvalue weighted by Crippen LogP contribution is -2.20. The summed E-state index contributed by atoms with van der Waals surface area (Å²) in [6, 6.07) is 5.52. The number of aliphatic carboxylic acids is 1. The first kappa shape index (κ1) is 12.2. The first-order valence-corrected chi connectivity index (χ1v) is 6.61. The van der Waals surface area contributed by atoms with Gasteiger partial charge in [-0.2, -0.15) is 0 Å². The van der Waals surface area contributed by atoms with E-state index in [1.165, 1.54) is 17.4 Å². The molecule has 90 valence electrons. The molecule has 0 saturated heterocycles. The number of thioether (sulfide) groups is 1. The fourth-order valence-corrected chi connectivity index (χ4v) is 2.90. The van der Waals surface area contributed by atoms with Crippen molar-refractivity contribution in [3.8, 4) is 0 Å². The van der Waals surface area contributed by atoms with E-state index in [9.17, 15) is 9.59 Å². The van der Waals surface area contributed by atoms with Gasteiger partial charge in [0.1, 0.15) is 5.92 Å². The average molecular weight is 250 g/mol. The number of fused-ring (bicyclic) bond motifs is 1. The van der Waals surface area contributed by atoms with Crippen molar-refractivity contribution in [2.24, 2.45) is 5.92 Å². The molecule has 1 heterocycles. The van der Waals surface area contributed by atoms with Gasteiger partial charge in [0, 0.05) is 10.5 Å². The van der Waals surface area contributed by atoms with Crippen LogP contribution in [0.5, 0.6) is 0 Å². The fraction of sp³-hybridized carbons (Fsp3) is 0.385. The topological polar surface area (TPSA) is 54.4 Å². The van der Waals surface area contributed by atoms with Gasteiger partial charge in [-0.1, -0.05) is 6.07 Å². The molecule has 1 atom stereocenters. The summed E-state index contributed by atoms with van der Waals surface area (Å²) in [5.74, 6) is -1.23. The van der Waals surface area contributed by atoms with E-state index in [-0.39, 0.29) is 5.78 Å². The number of carboxylic acid groups (broad SMARTS) is 1. The van der Waals surface area contributed by atoms with Crippen LogP contribution in [0.1, 0.15) is 29.3 Å². The lowest BCUT2D eigenvalue weighted by atomic mass is 9.97. The van der Waals surface area contributed by atoms with Gasteiger partial charge in [0.05, 0.1) is 0 Å². The molecule has 0 spiro atoms. The van der Waals surface area contributed by atoms with Gasteiger partial charge >= 0.3 is 5.97 Å². The van der Waals surface area contributed by atoms with Crippen molar-refractivity contribution in [2.45, 2.75) is 24.7 Å². The third-order valence-corrected chi connectivity index (χ3v) is 4.16. The minimum Gasteiger partial charge on any atom is -0.481 e. The van der Waals surface area contributed by atoms with Crippen molar-refractivity contribution in [2.75, 3.05) is 5.75 Å². The van der Waals surface area contributed by atoms with Crippen LogP contribution in [0.25, 0.3) is 0 Å². The Morgan fingerprint density at radius 2 is 2.18 bits per heavy atom. The molecule has 1 N–H and O–H groups in total. The van der Waals surface area contributed by atoms with Crippen molar-refractivity contribution in [3.05, 3.63) is 29.3 Å². The van der Waals surface area contributed by atoms with Gasteiger partial charge in [-0.15, -0.1) is 11.8 Å². The van der Waals surface area contributed by atoms with E-state index in [1.807, 2.05) is 12.1 Å².